The van der Waals surface area contributed by atoms with Crippen LogP contribution in [0.25, 0.3) is 34.0 Å². The van der Waals surface area contributed by atoms with E-state index < -0.39 is 0 Å². The number of hydrogen-bond acceptors (Lipinski definition) is 4. The van der Waals surface area contributed by atoms with Gasteiger partial charge in [-0.2, -0.15) is 0 Å². The van der Waals surface area contributed by atoms with Gasteiger partial charge in [0.2, 0.25) is 0 Å². The lowest BCUT2D eigenvalue weighted by atomic mass is 9.76. The van der Waals surface area contributed by atoms with Crippen molar-refractivity contribution >= 4 is 17.0 Å². The van der Waals surface area contributed by atoms with Gasteiger partial charge in [-0.1, -0.05) is 128 Å². The predicted molar refractivity (Wildman–Crippen MR) is 201 cm³/mol. The van der Waals surface area contributed by atoms with Gasteiger partial charge in [0.1, 0.15) is 0 Å². The summed E-state index contributed by atoms with van der Waals surface area (Å²) in [6, 6.07) is 26.2. The van der Waals surface area contributed by atoms with Crippen LogP contribution in [0, 0.1) is 17.8 Å². The maximum atomic E-state index is 5.27. The summed E-state index contributed by atoms with van der Waals surface area (Å²) in [5.41, 5.74) is 12.0. The second kappa shape index (κ2) is 12.7. The van der Waals surface area contributed by atoms with Crippen LogP contribution >= 0.6 is 0 Å². The molecule has 1 aliphatic heterocycles. The average Bonchev–Trinajstić information content (AvgIpc) is 3.17. The number of fused-ring (bicyclic) bond motifs is 3. The lowest BCUT2D eigenvalue weighted by Gasteiger charge is -2.31. The molecule has 4 atom stereocenters. The monoisotopic (exact) mass is 636 g/mol. The number of hydrogen-bond donors (Lipinski definition) is 0. The Kier molecular flexibility index (Phi) is 7.73. The second-order valence-corrected chi connectivity index (χ2v) is 14.1. The zero-order chi connectivity index (χ0) is 32.7. The third-order valence-electron chi connectivity index (χ3n) is 10.9. The molecule has 0 amide bonds. The average molecular weight is 637 g/mol. The molecule has 2 heterocycles. The van der Waals surface area contributed by atoms with Crippen LogP contribution in [0.15, 0.2) is 138 Å². The first-order valence-corrected chi connectivity index (χ1v) is 17.9. The van der Waals surface area contributed by atoms with Gasteiger partial charge in [0.05, 0.1) is 11.4 Å². The summed E-state index contributed by atoms with van der Waals surface area (Å²) in [4.78, 5) is 20.7. The van der Waals surface area contributed by atoms with Crippen LogP contribution in [0.4, 0.5) is 0 Å². The Morgan fingerprint density at radius 1 is 0.714 bits per heavy atom. The van der Waals surface area contributed by atoms with E-state index in [4.69, 9.17) is 19.9 Å². The van der Waals surface area contributed by atoms with Crippen LogP contribution in [0.5, 0.6) is 0 Å². The van der Waals surface area contributed by atoms with Gasteiger partial charge in [0.15, 0.2) is 17.5 Å². The fourth-order valence-electron chi connectivity index (χ4n) is 8.18. The maximum absolute atomic E-state index is 5.27. The van der Waals surface area contributed by atoms with Gasteiger partial charge in [-0.05, 0) is 89.8 Å². The number of benzene rings is 3. The van der Waals surface area contributed by atoms with E-state index in [-0.39, 0.29) is 5.92 Å². The Morgan fingerprint density at radius 3 is 2.39 bits per heavy atom. The van der Waals surface area contributed by atoms with Gasteiger partial charge in [-0.25, -0.2) is 15.0 Å². The van der Waals surface area contributed by atoms with Crippen LogP contribution in [0.3, 0.4) is 0 Å². The van der Waals surface area contributed by atoms with Crippen molar-refractivity contribution in [2.24, 2.45) is 22.7 Å². The zero-order valence-electron chi connectivity index (χ0n) is 28.0. The molecule has 0 saturated carbocycles. The normalized spacial score (nSPS) is 23.8. The van der Waals surface area contributed by atoms with E-state index in [1.807, 2.05) is 0 Å². The number of allylic oxidation sites excluding steroid dienone is 11. The molecule has 49 heavy (non-hydrogen) atoms. The largest absolute Gasteiger partial charge is 0.252 e. The molecular formula is C45H40N4. The highest BCUT2D eigenvalue weighted by Crippen LogP contribution is 2.39. The Bertz CT molecular complexity index is 2140. The molecular weight excluding hydrogens is 597 g/mol. The van der Waals surface area contributed by atoms with E-state index in [0.29, 0.717) is 23.6 Å². The molecule has 0 saturated heterocycles. The van der Waals surface area contributed by atoms with Crippen LogP contribution in [0.1, 0.15) is 73.0 Å². The summed E-state index contributed by atoms with van der Waals surface area (Å²) in [6.45, 7) is 2.34. The van der Waals surface area contributed by atoms with E-state index in [1.165, 1.54) is 35.1 Å². The molecule has 4 nitrogen and oxygen atoms in total. The minimum Gasteiger partial charge on any atom is -0.252 e. The van der Waals surface area contributed by atoms with Crippen molar-refractivity contribution in [3.05, 3.63) is 161 Å². The molecule has 5 aliphatic rings. The Labute approximate surface area is 289 Å². The molecule has 1 aromatic heterocycles. The van der Waals surface area contributed by atoms with Crippen LogP contribution < -0.4 is 0 Å². The highest BCUT2D eigenvalue weighted by Gasteiger charge is 2.30. The summed E-state index contributed by atoms with van der Waals surface area (Å²) in [6.07, 6.45) is 27.0. The summed E-state index contributed by atoms with van der Waals surface area (Å²) in [7, 11) is 0. The first kappa shape index (κ1) is 29.9. The van der Waals surface area contributed by atoms with Crippen LogP contribution in [0.2, 0.25) is 0 Å². The van der Waals surface area contributed by atoms with Crippen molar-refractivity contribution in [3.63, 3.8) is 0 Å². The molecule has 0 spiro atoms. The second-order valence-electron chi connectivity index (χ2n) is 14.1. The summed E-state index contributed by atoms with van der Waals surface area (Å²) in [5, 5.41) is 0. The number of rotatable bonds is 5. The first-order chi connectivity index (χ1) is 24.2. The van der Waals surface area contributed by atoms with Crippen molar-refractivity contribution < 1.29 is 0 Å². The SMILES string of the molecule is CC1CCCc2ccc(-c3nc(C4=CC=C5C=CC=CC5C4)nc(-c4ccc(C5=NC(c6ccccc6)=CC6CCC=CC56)cc4)n3)cc21. The third kappa shape index (κ3) is 5.80. The fourth-order valence-corrected chi connectivity index (χ4v) is 8.18. The highest BCUT2D eigenvalue weighted by molar-refractivity contribution is 6.07. The van der Waals surface area contributed by atoms with Crippen LogP contribution in [-0.4, -0.2) is 20.7 Å². The number of nitrogens with zero attached hydrogens (tertiary/aromatic N) is 4. The van der Waals surface area contributed by atoms with Gasteiger partial charge < -0.3 is 0 Å². The molecule has 0 radical (unpaired) electrons. The molecule has 4 aliphatic carbocycles. The van der Waals surface area contributed by atoms with Crippen molar-refractivity contribution in [1.29, 1.82) is 0 Å². The quantitative estimate of drug-likeness (QED) is 0.205. The fraction of sp³-hybridized carbons (Fsp3) is 0.244. The van der Waals surface area contributed by atoms with E-state index in [9.17, 15) is 0 Å². The third-order valence-corrected chi connectivity index (χ3v) is 10.9. The molecule has 4 heteroatoms. The predicted octanol–water partition coefficient (Wildman–Crippen LogP) is 10.5. The Hall–Kier alpha value is -5.22. The van der Waals surface area contributed by atoms with Crippen molar-refractivity contribution in [2.45, 2.75) is 51.4 Å². The summed E-state index contributed by atoms with van der Waals surface area (Å²) < 4.78 is 0. The van der Waals surface area contributed by atoms with E-state index >= 15 is 0 Å². The maximum Gasteiger partial charge on any atom is 0.164 e. The Morgan fingerprint density at radius 2 is 1.51 bits per heavy atom. The minimum absolute atomic E-state index is 0.286. The lowest BCUT2D eigenvalue weighted by Crippen LogP contribution is -2.27. The standard InChI is InChI=1S/C45H40N4/c1-29-10-9-16-31-19-25-38(27-40(29)31)45-48-43(47-44(49-45)37-24-18-30-11-5-6-14-35(30)26-37)34-22-20-33(21-23-34)42-39-17-8-7-15-36(39)28-41(46-42)32-12-3-2-4-13-32/h2-6,8,11-14,17-25,27-29,35-36,39H,7,9-10,15-16,26H2,1H3. The van der Waals surface area contributed by atoms with Crippen molar-refractivity contribution in [2.75, 3.05) is 0 Å². The van der Waals surface area contributed by atoms with Gasteiger partial charge in [-0.3, -0.25) is 4.99 Å². The van der Waals surface area contributed by atoms with Gasteiger partial charge in [0, 0.05) is 23.0 Å². The Balaban J connectivity index is 1.11. The number of aliphatic imine (C=N–C) groups is 1. The van der Waals surface area contributed by atoms with Gasteiger partial charge in [-0.15, -0.1) is 0 Å². The topological polar surface area (TPSA) is 51.0 Å². The number of aryl methyl sites for hydroxylation is 1. The van der Waals surface area contributed by atoms with Crippen molar-refractivity contribution in [3.8, 4) is 22.8 Å². The molecule has 240 valence electrons. The molecule has 3 aromatic carbocycles. The van der Waals surface area contributed by atoms with Gasteiger partial charge >= 0.3 is 0 Å². The van der Waals surface area contributed by atoms with Gasteiger partial charge in [0.25, 0.3) is 0 Å². The minimum atomic E-state index is 0.286. The molecule has 0 bridgehead atoms. The lowest BCUT2D eigenvalue weighted by molar-refractivity contribution is 0.513. The smallest absolute Gasteiger partial charge is 0.164 e. The highest BCUT2D eigenvalue weighted by atomic mass is 15.0. The number of aromatic nitrogens is 3. The first-order valence-electron chi connectivity index (χ1n) is 17.9. The zero-order valence-corrected chi connectivity index (χ0v) is 28.0. The molecule has 9 rings (SSSR count). The van der Waals surface area contributed by atoms with Crippen LogP contribution in [-0.2, 0) is 6.42 Å². The van der Waals surface area contributed by atoms with E-state index in [0.717, 1.165) is 71.0 Å². The summed E-state index contributed by atoms with van der Waals surface area (Å²) in [5.74, 6) is 3.84. The molecule has 0 fully saturated rings. The van der Waals surface area contributed by atoms with E-state index in [2.05, 4.69) is 134 Å². The molecule has 4 aromatic rings. The van der Waals surface area contributed by atoms with E-state index in [1.54, 1.807) is 0 Å². The molecule has 0 N–H and O–H groups in total. The van der Waals surface area contributed by atoms with Crippen molar-refractivity contribution in [1.82, 2.24) is 15.0 Å². The summed E-state index contributed by atoms with van der Waals surface area (Å²) >= 11 is 0. The molecule has 4 unspecified atom stereocenters.